The van der Waals surface area contributed by atoms with Gasteiger partial charge in [-0.05, 0) is 30.2 Å². The summed E-state index contributed by atoms with van der Waals surface area (Å²) in [4.78, 5) is 18.1. The molecule has 12 heteroatoms. The number of sulfonamides is 1. The summed E-state index contributed by atoms with van der Waals surface area (Å²) in [6, 6.07) is 13.0. The average molecular weight is 507 g/mol. The number of hydrogen-bond acceptors (Lipinski definition) is 6. The quantitative estimate of drug-likeness (QED) is 0.513. The predicted octanol–water partition coefficient (Wildman–Crippen LogP) is 2.26. The summed E-state index contributed by atoms with van der Waals surface area (Å²) in [6.45, 7) is 0.203. The topological polar surface area (TPSA) is 118 Å². The maximum absolute atomic E-state index is 15.6. The molecule has 0 spiro atoms. The minimum Gasteiger partial charge on any atom is -0.339 e. The van der Waals surface area contributed by atoms with Gasteiger partial charge < -0.3 is 9.47 Å². The number of rotatable bonds is 6. The third kappa shape index (κ3) is 4.61. The highest BCUT2D eigenvalue weighted by Crippen LogP contribution is 2.33. The van der Waals surface area contributed by atoms with Crippen LogP contribution < -0.4 is 9.62 Å². The van der Waals surface area contributed by atoms with Gasteiger partial charge in [0.1, 0.15) is 0 Å². The number of anilines is 1. The first kappa shape index (κ1) is 24.0. The van der Waals surface area contributed by atoms with Crippen molar-refractivity contribution in [3.8, 4) is 11.1 Å². The molecule has 9 nitrogen and oxygen atoms in total. The number of aryl methyl sites for hydroxylation is 1. The number of aromatic nitrogens is 2. The van der Waals surface area contributed by atoms with Crippen molar-refractivity contribution in [1.82, 2.24) is 14.3 Å². The van der Waals surface area contributed by atoms with E-state index in [9.17, 15) is 21.6 Å². The summed E-state index contributed by atoms with van der Waals surface area (Å²) in [5.74, 6) is -3.85. The van der Waals surface area contributed by atoms with E-state index in [4.69, 9.17) is 0 Å². The number of carbonyl (C=O) groups excluding carboxylic acids is 1. The van der Waals surface area contributed by atoms with Crippen LogP contribution in [0.1, 0.15) is 12.8 Å². The number of halogens is 1. The summed E-state index contributed by atoms with van der Waals surface area (Å²) >= 11 is 0. The van der Waals surface area contributed by atoms with Crippen LogP contribution in [0.2, 0.25) is 0 Å². The number of nitrogens with zero attached hydrogens (tertiary/aromatic N) is 3. The molecule has 0 aliphatic carbocycles. The van der Waals surface area contributed by atoms with Gasteiger partial charge in [-0.2, -0.15) is 4.72 Å². The van der Waals surface area contributed by atoms with E-state index in [0.29, 0.717) is 16.8 Å². The number of sulfone groups is 1. The van der Waals surface area contributed by atoms with Crippen LogP contribution in [0.4, 0.5) is 10.1 Å². The Hall–Kier alpha value is -3.09. The van der Waals surface area contributed by atoms with Gasteiger partial charge in [0.25, 0.3) is 21.7 Å². The fourth-order valence-corrected chi connectivity index (χ4v) is 6.01. The summed E-state index contributed by atoms with van der Waals surface area (Å²) in [5, 5.41) is -0.383. The molecule has 1 atom stereocenters. The second-order valence-corrected chi connectivity index (χ2v) is 11.8. The minimum absolute atomic E-state index is 0.170. The van der Waals surface area contributed by atoms with Crippen molar-refractivity contribution in [3.05, 3.63) is 61.1 Å². The first-order valence-corrected chi connectivity index (χ1v) is 13.7. The lowest BCUT2D eigenvalue weighted by molar-refractivity contribution is -0.133. The average Bonchev–Trinajstić information content (AvgIpc) is 3.22. The standard InChI is InChI=1S/C22H23FN4O5S2/c1-26-14-20(24-15-26)34(31,32)25-22(23)12-5-13-27(21(22)28)17-10-8-16(9-11-17)18-6-3-4-7-19(18)33(2,29)30/h3-4,6-11,14-15,25H,5,12-13H2,1-2H3. The molecule has 1 aliphatic rings. The molecule has 1 amide bonds. The molecule has 2 aromatic carbocycles. The molecule has 1 aliphatic heterocycles. The van der Waals surface area contributed by atoms with Crippen molar-refractivity contribution in [2.45, 2.75) is 28.6 Å². The Bertz CT molecular complexity index is 1450. The van der Waals surface area contributed by atoms with Crippen molar-refractivity contribution in [2.24, 2.45) is 7.05 Å². The van der Waals surface area contributed by atoms with Crippen LogP contribution in [0.3, 0.4) is 0 Å². The Morgan fingerprint density at radius 1 is 1.06 bits per heavy atom. The highest BCUT2D eigenvalue weighted by atomic mass is 32.2. The van der Waals surface area contributed by atoms with Gasteiger partial charge in [0.2, 0.25) is 0 Å². The number of benzene rings is 2. The monoisotopic (exact) mass is 506 g/mol. The van der Waals surface area contributed by atoms with Gasteiger partial charge in [0.15, 0.2) is 14.9 Å². The zero-order valence-corrected chi connectivity index (χ0v) is 20.1. The Morgan fingerprint density at radius 2 is 1.74 bits per heavy atom. The Balaban J connectivity index is 1.60. The highest BCUT2D eigenvalue weighted by Gasteiger charge is 2.48. The van der Waals surface area contributed by atoms with Gasteiger partial charge in [-0.1, -0.05) is 30.3 Å². The molecule has 1 aromatic heterocycles. The predicted molar refractivity (Wildman–Crippen MR) is 124 cm³/mol. The van der Waals surface area contributed by atoms with Crippen LogP contribution in [0.15, 0.2) is 71.0 Å². The number of piperidine rings is 1. The second kappa shape index (κ2) is 8.60. The zero-order valence-electron chi connectivity index (χ0n) is 18.5. The summed E-state index contributed by atoms with van der Waals surface area (Å²) in [5.41, 5.74) is 1.48. The van der Waals surface area contributed by atoms with E-state index in [2.05, 4.69) is 4.98 Å². The van der Waals surface area contributed by atoms with E-state index < -0.39 is 31.6 Å². The number of nitrogens with one attached hydrogen (secondary N) is 1. The summed E-state index contributed by atoms with van der Waals surface area (Å²) in [7, 11) is -6.25. The maximum atomic E-state index is 15.6. The molecule has 180 valence electrons. The first-order valence-electron chi connectivity index (χ1n) is 10.3. The van der Waals surface area contributed by atoms with E-state index in [1.54, 1.807) is 49.5 Å². The summed E-state index contributed by atoms with van der Waals surface area (Å²) < 4.78 is 68.3. The normalized spacial score (nSPS) is 19.4. The fourth-order valence-electron chi connectivity index (χ4n) is 3.89. The van der Waals surface area contributed by atoms with Gasteiger partial charge in [-0.3, -0.25) is 4.79 Å². The third-order valence-electron chi connectivity index (χ3n) is 5.52. The maximum Gasteiger partial charge on any atom is 0.280 e. The molecule has 2 heterocycles. The lowest BCUT2D eigenvalue weighted by atomic mass is 10.0. The lowest BCUT2D eigenvalue weighted by Gasteiger charge is -2.36. The lowest BCUT2D eigenvalue weighted by Crippen LogP contribution is -2.60. The second-order valence-electron chi connectivity index (χ2n) is 8.16. The Kier molecular flexibility index (Phi) is 6.08. The number of amides is 1. The largest absolute Gasteiger partial charge is 0.339 e. The van der Waals surface area contributed by atoms with Crippen molar-refractivity contribution >= 4 is 31.5 Å². The van der Waals surface area contributed by atoms with E-state index in [1.807, 2.05) is 4.72 Å². The highest BCUT2D eigenvalue weighted by molar-refractivity contribution is 7.90. The molecule has 1 saturated heterocycles. The molecule has 34 heavy (non-hydrogen) atoms. The van der Waals surface area contributed by atoms with E-state index in [-0.39, 0.29) is 29.3 Å². The van der Waals surface area contributed by atoms with Crippen LogP contribution in [-0.2, 0) is 31.7 Å². The molecular weight excluding hydrogens is 483 g/mol. The van der Waals surface area contributed by atoms with Crippen LogP contribution >= 0.6 is 0 Å². The van der Waals surface area contributed by atoms with Gasteiger partial charge >= 0.3 is 0 Å². The minimum atomic E-state index is -4.36. The van der Waals surface area contributed by atoms with Crippen molar-refractivity contribution < 1.29 is 26.0 Å². The van der Waals surface area contributed by atoms with Gasteiger partial charge in [-0.25, -0.2) is 26.2 Å². The van der Waals surface area contributed by atoms with Crippen molar-refractivity contribution in [3.63, 3.8) is 0 Å². The molecule has 0 radical (unpaired) electrons. The smallest absolute Gasteiger partial charge is 0.280 e. The molecule has 0 saturated carbocycles. The van der Waals surface area contributed by atoms with E-state index >= 15 is 4.39 Å². The van der Waals surface area contributed by atoms with Crippen molar-refractivity contribution in [1.29, 1.82) is 0 Å². The van der Waals surface area contributed by atoms with Crippen LogP contribution in [0.5, 0.6) is 0 Å². The number of hydrogen-bond donors (Lipinski definition) is 1. The molecule has 1 unspecified atom stereocenters. The van der Waals surface area contributed by atoms with Gasteiger partial charge in [0.05, 0.1) is 11.2 Å². The Morgan fingerprint density at radius 3 is 2.35 bits per heavy atom. The molecule has 4 rings (SSSR count). The number of imidazole rings is 1. The van der Waals surface area contributed by atoms with Gasteiger partial charge in [-0.15, -0.1) is 0 Å². The van der Waals surface area contributed by atoms with E-state index in [0.717, 1.165) is 6.26 Å². The third-order valence-corrected chi connectivity index (χ3v) is 8.03. The zero-order chi connectivity index (χ0) is 24.7. The molecule has 3 aromatic rings. The fraction of sp³-hybridized carbons (Fsp3) is 0.273. The van der Waals surface area contributed by atoms with E-state index in [1.165, 1.54) is 28.1 Å². The van der Waals surface area contributed by atoms with Crippen LogP contribution in [-0.4, -0.2) is 50.9 Å². The van der Waals surface area contributed by atoms with Gasteiger partial charge in [0, 0.05) is 43.7 Å². The van der Waals surface area contributed by atoms with Crippen LogP contribution in [0, 0.1) is 0 Å². The molecule has 1 fully saturated rings. The first-order chi connectivity index (χ1) is 15.9. The molecular formula is C22H23FN4O5S2. The molecule has 0 bridgehead atoms. The SMILES string of the molecule is Cn1cnc(S(=O)(=O)NC2(F)CCCN(c3ccc(-c4ccccc4S(C)(=O)=O)cc3)C2=O)c1. The number of alkyl halides is 1. The Labute approximate surface area is 197 Å². The number of carbonyl (C=O) groups is 1. The van der Waals surface area contributed by atoms with Crippen LogP contribution in [0.25, 0.3) is 11.1 Å². The summed E-state index contributed by atoms with van der Waals surface area (Å²) in [6.07, 6.45) is 3.51. The molecule has 1 N–H and O–H groups in total. The van der Waals surface area contributed by atoms with Crippen molar-refractivity contribution in [2.75, 3.05) is 17.7 Å².